The van der Waals surface area contributed by atoms with Gasteiger partial charge in [-0.15, -0.1) is 0 Å². The molecule has 0 bridgehead atoms. The second kappa shape index (κ2) is 9.33. The fourth-order valence-corrected chi connectivity index (χ4v) is 2.03. The number of methoxy groups -OCH3 is 1. The number of rotatable bonds is 9. The van der Waals surface area contributed by atoms with Crippen LogP contribution in [-0.4, -0.2) is 66.1 Å². The third kappa shape index (κ3) is 6.18. The van der Waals surface area contributed by atoms with Gasteiger partial charge in [0, 0.05) is 30.8 Å². The minimum absolute atomic E-state index is 0.0775. The Morgan fingerprint density at radius 1 is 1.36 bits per heavy atom. The fourth-order valence-electron chi connectivity index (χ4n) is 2.03. The normalized spacial score (nSPS) is 10.2. The van der Waals surface area contributed by atoms with Crippen molar-refractivity contribution in [1.82, 2.24) is 10.2 Å². The van der Waals surface area contributed by atoms with E-state index < -0.39 is 35.8 Å². The summed E-state index contributed by atoms with van der Waals surface area (Å²) < 4.78 is 4.81. The Hall–Kier alpha value is -3.01. The third-order valence-electron chi connectivity index (χ3n) is 3.30. The van der Waals surface area contributed by atoms with Gasteiger partial charge < -0.3 is 20.1 Å². The number of ether oxygens (including phenoxy) is 1. The number of carbonyl (C=O) groups is 3. The smallest absolute Gasteiger partial charge is 0.323 e. The molecular formula is C15H19N3O7. The molecule has 0 aromatic heterocycles. The summed E-state index contributed by atoms with van der Waals surface area (Å²) in [6.45, 7) is 0.836. The predicted octanol–water partition coefficient (Wildman–Crippen LogP) is 0.193. The van der Waals surface area contributed by atoms with Gasteiger partial charge in [-0.2, -0.15) is 0 Å². The number of benzene rings is 1. The van der Waals surface area contributed by atoms with Crippen LogP contribution in [0.25, 0.3) is 0 Å². The van der Waals surface area contributed by atoms with Crippen LogP contribution in [0.3, 0.4) is 0 Å². The largest absolute Gasteiger partial charge is 0.480 e. The molecule has 0 heterocycles. The molecule has 2 amide bonds. The maximum absolute atomic E-state index is 12.0. The van der Waals surface area contributed by atoms with Crippen molar-refractivity contribution < 1.29 is 29.2 Å². The molecule has 0 fully saturated rings. The Balaban J connectivity index is 2.70. The quantitative estimate of drug-likeness (QED) is 0.477. The highest BCUT2D eigenvalue weighted by Gasteiger charge is 2.18. The Labute approximate surface area is 143 Å². The molecule has 0 radical (unpaired) electrons. The van der Waals surface area contributed by atoms with E-state index in [-0.39, 0.29) is 24.4 Å². The maximum Gasteiger partial charge on any atom is 0.323 e. The Morgan fingerprint density at radius 3 is 2.56 bits per heavy atom. The summed E-state index contributed by atoms with van der Waals surface area (Å²) in [6.07, 6.45) is 0. The number of amides is 2. The van der Waals surface area contributed by atoms with Crippen LogP contribution in [0.2, 0.25) is 0 Å². The zero-order valence-electron chi connectivity index (χ0n) is 13.9. The summed E-state index contributed by atoms with van der Waals surface area (Å²) in [4.78, 5) is 46.1. The van der Waals surface area contributed by atoms with Gasteiger partial charge in [0.25, 0.3) is 11.6 Å². The van der Waals surface area contributed by atoms with Crippen LogP contribution >= 0.6 is 0 Å². The van der Waals surface area contributed by atoms with E-state index in [0.717, 1.165) is 4.90 Å². The van der Waals surface area contributed by atoms with E-state index >= 15 is 0 Å². The molecule has 0 saturated heterocycles. The minimum Gasteiger partial charge on any atom is -0.480 e. The van der Waals surface area contributed by atoms with Gasteiger partial charge in [0.05, 0.1) is 18.1 Å². The number of aliphatic carboxylic acids is 1. The molecule has 1 rings (SSSR count). The van der Waals surface area contributed by atoms with Crippen LogP contribution in [0.5, 0.6) is 0 Å². The van der Waals surface area contributed by atoms with Crippen molar-refractivity contribution in [3.63, 3.8) is 0 Å². The van der Waals surface area contributed by atoms with Crippen molar-refractivity contribution in [2.45, 2.75) is 6.92 Å². The van der Waals surface area contributed by atoms with Crippen LogP contribution in [0.1, 0.15) is 15.9 Å². The van der Waals surface area contributed by atoms with E-state index in [4.69, 9.17) is 9.84 Å². The lowest BCUT2D eigenvalue weighted by molar-refractivity contribution is -0.385. The van der Waals surface area contributed by atoms with Crippen molar-refractivity contribution in [1.29, 1.82) is 0 Å². The SMILES string of the molecule is COCCN(CC(=O)O)C(=O)CNC(=O)c1ccc([N+](=O)[O-])c(C)c1. The van der Waals surface area contributed by atoms with Crippen molar-refractivity contribution in [3.05, 3.63) is 39.4 Å². The van der Waals surface area contributed by atoms with E-state index in [1.165, 1.54) is 32.2 Å². The van der Waals surface area contributed by atoms with Gasteiger partial charge >= 0.3 is 5.97 Å². The summed E-state index contributed by atoms with van der Waals surface area (Å²) in [5, 5.41) is 21.9. The average molecular weight is 353 g/mol. The first-order valence-electron chi connectivity index (χ1n) is 7.28. The highest BCUT2D eigenvalue weighted by atomic mass is 16.6. The molecule has 0 aliphatic carbocycles. The second-order valence-electron chi connectivity index (χ2n) is 5.14. The Kier molecular flexibility index (Phi) is 7.47. The van der Waals surface area contributed by atoms with E-state index in [9.17, 15) is 24.5 Å². The lowest BCUT2D eigenvalue weighted by Gasteiger charge is -2.20. The van der Waals surface area contributed by atoms with Crippen LogP contribution < -0.4 is 5.32 Å². The molecule has 10 heteroatoms. The number of nitrogens with one attached hydrogen (secondary N) is 1. The Bertz CT molecular complexity index is 675. The minimum atomic E-state index is -1.18. The van der Waals surface area contributed by atoms with Crippen LogP contribution in [-0.2, 0) is 14.3 Å². The van der Waals surface area contributed by atoms with Gasteiger partial charge in [0.2, 0.25) is 5.91 Å². The molecule has 0 aliphatic heterocycles. The number of carbonyl (C=O) groups excluding carboxylic acids is 2. The first kappa shape index (κ1) is 20.0. The van der Waals surface area contributed by atoms with E-state index in [1.54, 1.807) is 0 Å². The lowest BCUT2D eigenvalue weighted by Crippen LogP contribution is -2.44. The zero-order valence-corrected chi connectivity index (χ0v) is 13.9. The number of hydrogen-bond donors (Lipinski definition) is 2. The van der Waals surface area contributed by atoms with E-state index in [1.807, 2.05) is 0 Å². The molecule has 25 heavy (non-hydrogen) atoms. The summed E-state index contributed by atoms with van der Waals surface area (Å²) in [7, 11) is 1.42. The van der Waals surface area contributed by atoms with Gasteiger partial charge in [0.15, 0.2) is 0 Å². The number of hydrogen-bond acceptors (Lipinski definition) is 6. The number of nitro groups is 1. The number of carboxylic acid groups (broad SMARTS) is 1. The summed E-state index contributed by atoms with van der Waals surface area (Å²) >= 11 is 0. The first-order valence-corrected chi connectivity index (χ1v) is 7.28. The summed E-state index contributed by atoms with van der Waals surface area (Å²) in [5.74, 6) is -2.35. The lowest BCUT2D eigenvalue weighted by atomic mass is 10.1. The van der Waals surface area contributed by atoms with Gasteiger partial charge in [-0.25, -0.2) is 0 Å². The van der Waals surface area contributed by atoms with Crippen LogP contribution in [0.15, 0.2) is 18.2 Å². The van der Waals surface area contributed by atoms with Gasteiger partial charge in [-0.3, -0.25) is 24.5 Å². The van der Waals surface area contributed by atoms with E-state index in [2.05, 4.69) is 5.32 Å². The van der Waals surface area contributed by atoms with Gasteiger partial charge in [-0.1, -0.05) is 0 Å². The molecule has 0 aliphatic rings. The fraction of sp³-hybridized carbons (Fsp3) is 0.400. The Morgan fingerprint density at radius 2 is 2.04 bits per heavy atom. The number of nitro benzene ring substituents is 1. The number of carboxylic acids is 1. The third-order valence-corrected chi connectivity index (χ3v) is 3.30. The zero-order chi connectivity index (χ0) is 19.0. The van der Waals surface area contributed by atoms with Crippen molar-refractivity contribution in [2.75, 3.05) is 33.4 Å². The first-order chi connectivity index (χ1) is 11.8. The van der Waals surface area contributed by atoms with Crippen LogP contribution in [0.4, 0.5) is 5.69 Å². The van der Waals surface area contributed by atoms with E-state index in [0.29, 0.717) is 5.56 Å². The van der Waals surface area contributed by atoms with Gasteiger partial charge in [-0.05, 0) is 19.1 Å². The highest BCUT2D eigenvalue weighted by Crippen LogP contribution is 2.18. The molecule has 1 aromatic carbocycles. The summed E-state index contributed by atoms with van der Waals surface area (Å²) in [5.41, 5.74) is 0.369. The molecule has 1 aromatic rings. The van der Waals surface area contributed by atoms with Crippen molar-refractivity contribution >= 4 is 23.5 Å². The molecule has 10 nitrogen and oxygen atoms in total. The topological polar surface area (TPSA) is 139 Å². The average Bonchev–Trinajstić information content (AvgIpc) is 2.55. The standard InChI is InChI=1S/C15H19N3O7/c1-10-7-11(3-4-12(10)18(23)24)15(22)16-8-13(19)17(5-6-25-2)9-14(20)21/h3-4,7H,5-6,8-9H2,1-2H3,(H,16,22)(H,20,21). The highest BCUT2D eigenvalue weighted by molar-refractivity contribution is 5.97. The maximum atomic E-state index is 12.0. The molecular weight excluding hydrogens is 334 g/mol. The predicted molar refractivity (Wildman–Crippen MR) is 86.3 cm³/mol. The number of nitrogens with zero attached hydrogens (tertiary/aromatic N) is 2. The molecule has 0 saturated carbocycles. The molecule has 0 spiro atoms. The van der Waals surface area contributed by atoms with Crippen molar-refractivity contribution in [2.24, 2.45) is 0 Å². The van der Waals surface area contributed by atoms with Crippen LogP contribution in [0, 0.1) is 17.0 Å². The monoisotopic (exact) mass is 353 g/mol. The van der Waals surface area contributed by atoms with Gasteiger partial charge in [0.1, 0.15) is 6.54 Å². The second-order valence-corrected chi connectivity index (χ2v) is 5.14. The molecule has 136 valence electrons. The molecule has 0 unspecified atom stereocenters. The number of aryl methyl sites for hydroxylation is 1. The van der Waals surface area contributed by atoms with Crippen molar-refractivity contribution in [3.8, 4) is 0 Å². The molecule has 2 N–H and O–H groups in total. The molecule has 0 atom stereocenters. The summed E-state index contributed by atoms with van der Waals surface area (Å²) in [6, 6.07) is 3.84.